The third-order valence-electron chi connectivity index (χ3n) is 6.12. The van der Waals surface area contributed by atoms with Crippen molar-refractivity contribution < 1.29 is 9.53 Å². The molecule has 0 radical (unpaired) electrons. The Kier molecular flexibility index (Phi) is 5.32. The number of ether oxygens (including phenoxy) is 1. The van der Waals surface area contributed by atoms with Crippen LogP contribution in [-0.4, -0.2) is 22.6 Å². The van der Waals surface area contributed by atoms with E-state index in [0.29, 0.717) is 19.4 Å². The van der Waals surface area contributed by atoms with Crippen LogP contribution in [0, 0.1) is 0 Å². The first-order valence-electron chi connectivity index (χ1n) is 10.7. The molecule has 0 amide bonds. The molecular formula is C25H24N2O3S. The number of fused-ring (bicyclic) bond motifs is 4. The fourth-order valence-corrected chi connectivity index (χ4v) is 5.86. The molecule has 0 saturated heterocycles. The molecule has 5 nitrogen and oxygen atoms in total. The Hall–Kier alpha value is -2.99. The molecule has 0 N–H and O–H groups in total. The molecule has 0 unspecified atom stereocenters. The summed E-state index contributed by atoms with van der Waals surface area (Å²) in [5.74, 6) is 0.507. The molecule has 0 fully saturated rings. The number of aryl methyl sites for hydroxylation is 2. The molecular weight excluding hydrogens is 408 g/mol. The Balaban J connectivity index is 1.60. The fraction of sp³-hybridized carbons (Fsp3) is 0.320. The summed E-state index contributed by atoms with van der Waals surface area (Å²) in [6, 6.07) is 14.5. The first kappa shape index (κ1) is 19.9. The molecule has 4 aromatic rings. The van der Waals surface area contributed by atoms with Crippen LogP contribution in [0.15, 0.2) is 47.3 Å². The van der Waals surface area contributed by atoms with Gasteiger partial charge < -0.3 is 4.74 Å². The Morgan fingerprint density at radius 1 is 1.16 bits per heavy atom. The molecule has 1 aliphatic carbocycles. The zero-order chi connectivity index (χ0) is 21.4. The van der Waals surface area contributed by atoms with Gasteiger partial charge in [-0.1, -0.05) is 42.5 Å². The summed E-state index contributed by atoms with van der Waals surface area (Å²) in [6.07, 6.45) is 4.52. The van der Waals surface area contributed by atoms with Crippen molar-refractivity contribution in [2.24, 2.45) is 0 Å². The number of hydrogen-bond donors (Lipinski definition) is 0. The van der Waals surface area contributed by atoms with Gasteiger partial charge in [-0.25, -0.2) is 4.98 Å². The van der Waals surface area contributed by atoms with E-state index in [4.69, 9.17) is 9.72 Å². The summed E-state index contributed by atoms with van der Waals surface area (Å²) in [7, 11) is 1.39. The van der Waals surface area contributed by atoms with Crippen molar-refractivity contribution in [3.63, 3.8) is 0 Å². The van der Waals surface area contributed by atoms with Gasteiger partial charge in [0.15, 0.2) is 0 Å². The van der Waals surface area contributed by atoms with Crippen molar-refractivity contribution in [1.82, 2.24) is 9.55 Å². The Morgan fingerprint density at radius 2 is 2.00 bits per heavy atom. The van der Waals surface area contributed by atoms with Crippen LogP contribution >= 0.6 is 11.3 Å². The third kappa shape index (κ3) is 3.65. The number of carbonyl (C=O) groups is 1. The minimum absolute atomic E-state index is 0.0319. The average molecular weight is 433 g/mol. The molecule has 2 aromatic heterocycles. The smallest absolute Gasteiger partial charge is 0.305 e. The van der Waals surface area contributed by atoms with Crippen molar-refractivity contribution in [3.8, 4) is 0 Å². The van der Waals surface area contributed by atoms with E-state index < -0.39 is 0 Å². The second kappa shape index (κ2) is 8.27. The van der Waals surface area contributed by atoms with Gasteiger partial charge in [-0.3, -0.25) is 14.2 Å². The Morgan fingerprint density at radius 3 is 2.87 bits per heavy atom. The van der Waals surface area contributed by atoms with Crippen LogP contribution in [0.1, 0.15) is 41.1 Å². The molecule has 158 valence electrons. The molecule has 0 saturated carbocycles. The maximum atomic E-state index is 13.6. The van der Waals surface area contributed by atoms with Gasteiger partial charge >= 0.3 is 5.97 Å². The Bertz CT molecular complexity index is 1350. The van der Waals surface area contributed by atoms with Crippen molar-refractivity contribution in [1.29, 1.82) is 0 Å². The summed E-state index contributed by atoms with van der Waals surface area (Å²) < 4.78 is 6.56. The topological polar surface area (TPSA) is 61.2 Å². The van der Waals surface area contributed by atoms with Crippen LogP contribution < -0.4 is 5.56 Å². The summed E-state index contributed by atoms with van der Waals surface area (Å²) in [5.41, 5.74) is 2.37. The third-order valence-corrected chi connectivity index (χ3v) is 7.31. The van der Waals surface area contributed by atoms with Crippen LogP contribution in [0.2, 0.25) is 0 Å². The number of esters is 1. The highest BCUT2D eigenvalue weighted by molar-refractivity contribution is 7.18. The quantitative estimate of drug-likeness (QED) is 0.416. The zero-order valence-corrected chi connectivity index (χ0v) is 18.3. The number of benzene rings is 2. The van der Waals surface area contributed by atoms with Crippen molar-refractivity contribution in [3.05, 3.63) is 74.6 Å². The standard InChI is InChI=1S/C25H24N2O3S/c1-30-22(28)13-6-14-27-21(15-17-9-4-8-16-7-2-3-10-18(16)17)26-24-23(25(27)29)19-11-5-12-20(19)31-24/h2-4,7-10H,5-6,11-15H2,1H3. The van der Waals surface area contributed by atoms with Gasteiger partial charge in [-0.15, -0.1) is 11.3 Å². The van der Waals surface area contributed by atoms with Crippen molar-refractivity contribution in [2.45, 2.75) is 45.1 Å². The molecule has 2 heterocycles. The number of hydrogen-bond acceptors (Lipinski definition) is 5. The lowest BCUT2D eigenvalue weighted by atomic mass is 10.0. The van der Waals surface area contributed by atoms with E-state index in [1.165, 1.54) is 28.3 Å². The molecule has 2 aromatic carbocycles. The summed E-state index contributed by atoms with van der Waals surface area (Å²) in [5, 5.41) is 3.14. The van der Waals surface area contributed by atoms with Crippen LogP contribution in [0.3, 0.4) is 0 Å². The number of nitrogens with zero attached hydrogens (tertiary/aromatic N) is 2. The van der Waals surface area contributed by atoms with E-state index >= 15 is 0 Å². The average Bonchev–Trinajstić information content (AvgIpc) is 3.37. The van der Waals surface area contributed by atoms with Gasteiger partial charge in [0.1, 0.15) is 10.7 Å². The van der Waals surface area contributed by atoms with Gasteiger partial charge in [0.05, 0.1) is 12.5 Å². The highest BCUT2D eigenvalue weighted by atomic mass is 32.1. The van der Waals surface area contributed by atoms with Crippen LogP contribution in [-0.2, 0) is 35.3 Å². The van der Waals surface area contributed by atoms with Gasteiger partial charge in [-0.05, 0) is 47.6 Å². The lowest BCUT2D eigenvalue weighted by molar-refractivity contribution is -0.140. The van der Waals surface area contributed by atoms with E-state index in [0.717, 1.165) is 40.9 Å². The SMILES string of the molecule is COC(=O)CCCn1c(Cc2cccc3ccccc23)nc2sc3c(c2c1=O)CCC3. The normalized spacial score (nSPS) is 13.1. The van der Waals surface area contributed by atoms with Gasteiger partial charge in [0, 0.05) is 24.3 Å². The highest BCUT2D eigenvalue weighted by Crippen LogP contribution is 2.35. The van der Waals surface area contributed by atoms with Crippen molar-refractivity contribution in [2.75, 3.05) is 7.11 Å². The minimum Gasteiger partial charge on any atom is -0.469 e. The number of rotatable bonds is 6. The van der Waals surface area contributed by atoms with Crippen LogP contribution in [0.5, 0.6) is 0 Å². The van der Waals surface area contributed by atoms with Crippen LogP contribution in [0.4, 0.5) is 0 Å². The zero-order valence-electron chi connectivity index (χ0n) is 17.5. The molecule has 31 heavy (non-hydrogen) atoms. The van der Waals surface area contributed by atoms with E-state index in [1.807, 2.05) is 12.1 Å². The van der Waals surface area contributed by atoms with Gasteiger partial charge in [-0.2, -0.15) is 0 Å². The fourth-order valence-electron chi connectivity index (χ4n) is 4.59. The predicted molar refractivity (Wildman–Crippen MR) is 124 cm³/mol. The molecule has 1 aliphatic rings. The monoisotopic (exact) mass is 432 g/mol. The lowest BCUT2D eigenvalue weighted by Gasteiger charge is -2.14. The second-order valence-electron chi connectivity index (χ2n) is 8.02. The summed E-state index contributed by atoms with van der Waals surface area (Å²) in [4.78, 5) is 32.3. The lowest BCUT2D eigenvalue weighted by Crippen LogP contribution is -2.26. The molecule has 0 bridgehead atoms. The molecule has 0 spiro atoms. The molecule has 0 atom stereocenters. The number of thiophene rings is 1. The van der Waals surface area contributed by atoms with E-state index in [1.54, 1.807) is 15.9 Å². The largest absolute Gasteiger partial charge is 0.469 e. The number of aromatic nitrogens is 2. The van der Waals surface area contributed by atoms with E-state index in [9.17, 15) is 9.59 Å². The first-order chi connectivity index (χ1) is 15.2. The highest BCUT2D eigenvalue weighted by Gasteiger charge is 2.23. The van der Waals surface area contributed by atoms with E-state index in [-0.39, 0.29) is 17.9 Å². The minimum atomic E-state index is -0.255. The summed E-state index contributed by atoms with van der Waals surface area (Å²) >= 11 is 1.67. The van der Waals surface area contributed by atoms with Crippen LogP contribution in [0.25, 0.3) is 21.0 Å². The number of carbonyl (C=O) groups excluding carboxylic acids is 1. The maximum absolute atomic E-state index is 13.6. The summed E-state index contributed by atoms with van der Waals surface area (Å²) in [6.45, 7) is 0.460. The van der Waals surface area contributed by atoms with Gasteiger partial charge in [0.25, 0.3) is 5.56 Å². The van der Waals surface area contributed by atoms with E-state index in [2.05, 4.69) is 30.3 Å². The number of methoxy groups -OCH3 is 1. The maximum Gasteiger partial charge on any atom is 0.305 e. The molecule has 6 heteroatoms. The molecule has 0 aliphatic heterocycles. The molecule has 5 rings (SSSR count). The predicted octanol–water partition coefficient (Wildman–Crippen LogP) is 4.64. The van der Waals surface area contributed by atoms with Crippen molar-refractivity contribution >= 4 is 38.3 Å². The Labute approximate surface area is 184 Å². The second-order valence-corrected chi connectivity index (χ2v) is 9.10. The first-order valence-corrected chi connectivity index (χ1v) is 11.5. The van der Waals surface area contributed by atoms with Gasteiger partial charge in [0.2, 0.25) is 0 Å².